The van der Waals surface area contributed by atoms with Gasteiger partial charge in [-0.25, -0.2) is 0 Å². The highest BCUT2D eigenvalue weighted by Gasteiger charge is 2.63. The average molecular weight is 530 g/mol. The molecule has 0 heterocycles. The first kappa shape index (κ1) is 25.4. The SMILES string of the molecule is C=C(N)C1=C(O)[C@@]2(O)C(=O)c3c(c4c5c(c(C)cc(O)c5c3O)[C@]3(C4)C(C)=CCCC3(C)C)C(=O)[C@H]2CC1=O. The van der Waals surface area contributed by atoms with Gasteiger partial charge in [-0.1, -0.05) is 32.1 Å². The number of hydrogen-bond donors (Lipinski definition) is 5. The van der Waals surface area contributed by atoms with Crippen LogP contribution in [0.25, 0.3) is 10.8 Å². The molecule has 4 aliphatic rings. The van der Waals surface area contributed by atoms with Crippen LogP contribution in [-0.2, 0) is 16.6 Å². The normalized spacial score (nSPS) is 29.1. The van der Waals surface area contributed by atoms with Crippen LogP contribution in [0.3, 0.4) is 0 Å². The van der Waals surface area contributed by atoms with Crippen LogP contribution >= 0.6 is 0 Å². The van der Waals surface area contributed by atoms with Gasteiger partial charge in [-0.2, -0.15) is 0 Å². The molecule has 0 aromatic heterocycles. The van der Waals surface area contributed by atoms with Crippen LogP contribution in [0, 0.1) is 18.3 Å². The van der Waals surface area contributed by atoms with Gasteiger partial charge in [-0.05, 0) is 66.7 Å². The topological polar surface area (TPSA) is 158 Å². The highest BCUT2D eigenvalue weighted by Crippen LogP contribution is 2.64. The number of aryl methyl sites for hydroxylation is 1. The molecule has 0 saturated carbocycles. The van der Waals surface area contributed by atoms with Crippen molar-refractivity contribution in [3.63, 3.8) is 0 Å². The van der Waals surface area contributed by atoms with Crippen molar-refractivity contribution < 1.29 is 34.8 Å². The number of phenols is 2. The summed E-state index contributed by atoms with van der Waals surface area (Å²) in [5.41, 5.74) is 3.93. The van der Waals surface area contributed by atoms with Crippen molar-refractivity contribution in [3.05, 3.63) is 69.1 Å². The lowest BCUT2D eigenvalue weighted by Crippen LogP contribution is -2.58. The third kappa shape index (κ3) is 2.65. The number of rotatable bonds is 1. The van der Waals surface area contributed by atoms with Crippen molar-refractivity contribution in [2.75, 3.05) is 0 Å². The molecule has 0 amide bonds. The summed E-state index contributed by atoms with van der Waals surface area (Å²) in [6.45, 7) is 11.7. The summed E-state index contributed by atoms with van der Waals surface area (Å²) >= 11 is 0. The molecule has 0 saturated heterocycles. The number of carbonyl (C=O) groups excluding carboxylic acids is 3. The fraction of sp³-hybridized carbons (Fsp3) is 0.387. The van der Waals surface area contributed by atoms with Crippen molar-refractivity contribution in [3.8, 4) is 11.5 Å². The molecule has 202 valence electrons. The Balaban J connectivity index is 1.76. The van der Waals surface area contributed by atoms with Crippen LogP contribution in [0.15, 0.2) is 41.3 Å². The van der Waals surface area contributed by atoms with E-state index in [9.17, 15) is 34.8 Å². The molecule has 0 unspecified atom stereocenters. The van der Waals surface area contributed by atoms with E-state index in [1.54, 1.807) is 6.07 Å². The van der Waals surface area contributed by atoms with Gasteiger partial charge in [0.05, 0.1) is 22.4 Å². The molecule has 39 heavy (non-hydrogen) atoms. The molecule has 0 bridgehead atoms. The maximum atomic E-state index is 14.2. The number of hydrogen-bond acceptors (Lipinski definition) is 8. The minimum atomic E-state index is -2.81. The minimum absolute atomic E-state index is 0.0254. The number of phenolic OH excluding ortho intramolecular Hbond substituents is 2. The molecule has 6 N–H and O–H groups in total. The number of aliphatic hydroxyl groups excluding tert-OH is 1. The molecule has 2 aromatic rings. The Morgan fingerprint density at radius 1 is 1.08 bits per heavy atom. The molecule has 0 aliphatic heterocycles. The van der Waals surface area contributed by atoms with Crippen LogP contribution in [0.1, 0.15) is 77.4 Å². The van der Waals surface area contributed by atoms with E-state index in [2.05, 4.69) is 26.5 Å². The number of nitrogens with two attached hydrogens (primary N) is 1. The second kappa shape index (κ2) is 7.39. The number of allylic oxidation sites excluding steroid dienone is 3. The van der Waals surface area contributed by atoms with Crippen LogP contribution in [0.2, 0.25) is 0 Å². The summed E-state index contributed by atoms with van der Waals surface area (Å²) in [6, 6.07) is 1.55. The summed E-state index contributed by atoms with van der Waals surface area (Å²) in [6.07, 6.45) is 3.71. The van der Waals surface area contributed by atoms with Gasteiger partial charge >= 0.3 is 0 Å². The fourth-order valence-electron chi connectivity index (χ4n) is 8.09. The van der Waals surface area contributed by atoms with Gasteiger partial charge in [0.15, 0.2) is 17.2 Å². The highest BCUT2D eigenvalue weighted by atomic mass is 16.3. The lowest BCUT2D eigenvalue weighted by atomic mass is 9.53. The van der Waals surface area contributed by atoms with Gasteiger partial charge in [-0.3, -0.25) is 14.4 Å². The van der Waals surface area contributed by atoms with Crippen LogP contribution < -0.4 is 5.73 Å². The van der Waals surface area contributed by atoms with Crippen LogP contribution in [0.4, 0.5) is 0 Å². The predicted molar refractivity (Wildman–Crippen MR) is 144 cm³/mol. The number of aromatic hydroxyl groups is 2. The van der Waals surface area contributed by atoms with E-state index in [0.717, 1.165) is 29.5 Å². The van der Waals surface area contributed by atoms with Gasteiger partial charge in [-0.15, -0.1) is 0 Å². The quantitative estimate of drug-likeness (QED) is 0.345. The number of fused-ring (bicyclic) bond motifs is 4. The first-order valence-electron chi connectivity index (χ1n) is 13.1. The zero-order chi connectivity index (χ0) is 28.6. The van der Waals surface area contributed by atoms with Gasteiger partial charge in [0.25, 0.3) is 0 Å². The Kier molecular flexibility index (Phi) is 4.81. The summed E-state index contributed by atoms with van der Waals surface area (Å²) < 4.78 is 0. The van der Waals surface area contributed by atoms with Gasteiger partial charge < -0.3 is 26.2 Å². The number of benzene rings is 2. The number of aliphatic hydroxyl groups is 2. The van der Waals surface area contributed by atoms with E-state index in [0.29, 0.717) is 17.4 Å². The Hall–Kier alpha value is -3.91. The summed E-state index contributed by atoms with van der Waals surface area (Å²) in [5, 5.41) is 45.8. The Labute approximate surface area is 225 Å². The second-order valence-corrected chi connectivity index (χ2v) is 12.2. The standard InChI is InChI=1S/C31H31NO7/c1-12-9-17(33)22-20-15(11-30(24(12)20)13(2)7-6-8-29(30,4)5)21-23(26(22)36)28(38)31(39)16(25(21)35)10-18(34)19(14(3)32)27(31)37/h7,9,16,33,36-37,39H,3,6,8,10-11,32H2,1-2,4-5H3/t16-,30+,31-/m1/s1. The van der Waals surface area contributed by atoms with E-state index in [1.807, 2.05) is 13.8 Å². The Morgan fingerprint density at radius 2 is 1.74 bits per heavy atom. The molecular formula is C31H31NO7. The molecule has 6 rings (SSSR count). The van der Waals surface area contributed by atoms with Gasteiger partial charge in [0, 0.05) is 23.1 Å². The summed E-state index contributed by atoms with van der Waals surface area (Å²) in [4.78, 5) is 41.2. The molecule has 8 nitrogen and oxygen atoms in total. The van der Waals surface area contributed by atoms with Crippen molar-refractivity contribution in [1.82, 2.24) is 0 Å². The zero-order valence-electron chi connectivity index (χ0n) is 22.4. The maximum absolute atomic E-state index is 14.2. The third-order valence-corrected chi connectivity index (χ3v) is 9.98. The third-order valence-electron chi connectivity index (χ3n) is 9.98. The average Bonchev–Trinajstić information content (AvgIpc) is 3.19. The van der Waals surface area contributed by atoms with Gasteiger partial charge in [0.1, 0.15) is 17.3 Å². The van der Waals surface area contributed by atoms with E-state index >= 15 is 0 Å². The van der Waals surface area contributed by atoms with Crippen molar-refractivity contribution in [2.24, 2.45) is 17.1 Å². The summed E-state index contributed by atoms with van der Waals surface area (Å²) in [5.74, 6) is -6.11. The molecule has 2 aromatic carbocycles. The molecule has 4 aliphatic carbocycles. The first-order chi connectivity index (χ1) is 18.1. The largest absolute Gasteiger partial charge is 0.508 e. The predicted octanol–water partition coefficient (Wildman–Crippen LogP) is 4.10. The van der Waals surface area contributed by atoms with E-state index in [-0.39, 0.29) is 27.8 Å². The fourth-order valence-corrected chi connectivity index (χ4v) is 8.09. The van der Waals surface area contributed by atoms with Crippen molar-refractivity contribution in [1.29, 1.82) is 0 Å². The number of Topliss-reactive ketones (excluding diaryl/α,β-unsaturated/α-hetero) is 3. The first-order valence-corrected chi connectivity index (χ1v) is 13.1. The molecule has 0 fully saturated rings. The minimum Gasteiger partial charge on any atom is -0.508 e. The van der Waals surface area contributed by atoms with Crippen LogP contribution in [-0.4, -0.2) is 43.4 Å². The van der Waals surface area contributed by atoms with Crippen molar-refractivity contribution >= 4 is 28.1 Å². The molecule has 8 heteroatoms. The van der Waals surface area contributed by atoms with E-state index in [4.69, 9.17) is 5.73 Å². The summed E-state index contributed by atoms with van der Waals surface area (Å²) in [7, 11) is 0. The Morgan fingerprint density at radius 3 is 2.36 bits per heavy atom. The van der Waals surface area contributed by atoms with E-state index < -0.39 is 63.3 Å². The number of carbonyl (C=O) groups is 3. The lowest BCUT2D eigenvalue weighted by molar-refractivity contribution is -0.119. The highest BCUT2D eigenvalue weighted by molar-refractivity contribution is 6.28. The lowest BCUT2D eigenvalue weighted by Gasteiger charge is -2.50. The molecule has 3 atom stereocenters. The number of ketones is 3. The van der Waals surface area contributed by atoms with E-state index in [1.165, 1.54) is 0 Å². The molecular weight excluding hydrogens is 498 g/mol. The van der Waals surface area contributed by atoms with Crippen LogP contribution in [0.5, 0.6) is 11.5 Å². The Bertz CT molecular complexity index is 1690. The maximum Gasteiger partial charge on any atom is 0.207 e. The molecule has 0 radical (unpaired) electrons. The smallest absolute Gasteiger partial charge is 0.207 e. The van der Waals surface area contributed by atoms with Gasteiger partial charge in [0.2, 0.25) is 5.78 Å². The van der Waals surface area contributed by atoms with Crippen molar-refractivity contribution in [2.45, 2.75) is 64.4 Å². The monoisotopic (exact) mass is 529 g/mol. The molecule has 1 spiro atoms. The second-order valence-electron chi connectivity index (χ2n) is 12.2. The zero-order valence-corrected chi connectivity index (χ0v) is 22.4.